The highest BCUT2D eigenvalue weighted by atomic mass is 16.5. The Kier molecular flexibility index (Phi) is 9.13. The zero-order valence-corrected chi connectivity index (χ0v) is 20.5. The third-order valence-electron chi connectivity index (χ3n) is 6.73. The van der Waals surface area contributed by atoms with E-state index in [0.717, 1.165) is 19.0 Å². The van der Waals surface area contributed by atoms with Crippen LogP contribution in [0, 0.1) is 23.7 Å². The Morgan fingerprint density at radius 2 is 2.00 bits per heavy atom. The van der Waals surface area contributed by atoms with Crippen molar-refractivity contribution in [1.82, 2.24) is 14.8 Å². The van der Waals surface area contributed by atoms with E-state index in [0.29, 0.717) is 23.6 Å². The molecule has 0 aromatic carbocycles. The number of aromatic nitrogens is 1. The fourth-order valence-electron chi connectivity index (χ4n) is 4.77. The Hall–Kier alpha value is -2.14. The van der Waals surface area contributed by atoms with Gasteiger partial charge < -0.3 is 24.7 Å². The number of fused-ring (bicyclic) bond motifs is 1. The van der Waals surface area contributed by atoms with Gasteiger partial charge >= 0.3 is 0 Å². The van der Waals surface area contributed by atoms with Gasteiger partial charge in [0.25, 0.3) is 5.91 Å². The second-order valence-electron chi connectivity index (χ2n) is 9.87. The van der Waals surface area contributed by atoms with E-state index < -0.39 is 6.10 Å². The van der Waals surface area contributed by atoms with E-state index in [1.165, 1.54) is 32.1 Å². The third kappa shape index (κ3) is 6.92. The number of rotatable bonds is 6. The second-order valence-corrected chi connectivity index (χ2v) is 9.87. The van der Waals surface area contributed by atoms with Crippen LogP contribution in [0.5, 0.6) is 5.88 Å². The molecule has 3 rings (SSSR count). The number of nitrogens with zero attached hydrogens (tertiary/aromatic N) is 3. The van der Waals surface area contributed by atoms with Gasteiger partial charge in [-0.05, 0) is 45.7 Å². The molecule has 1 amide bonds. The van der Waals surface area contributed by atoms with Crippen molar-refractivity contribution >= 4 is 5.91 Å². The van der Waals surface area contributed by atoms with E-state index in [2.05, 4.69) is 35.7 Å². The number of likely N-dealkylation sites (N-methyl/N-ethyl adjacent to an activating group) is 1. The molecule has 7 nitrogen and oxygen atoms in total. The molecule has 2 heterocycles. The maximum Gasteiger partial charge on any atom is 0.259 e. The van der Waals surface area contributed by atoms with E-state index in [1.807, 2.05) is 6.92 Å². The molecule has 33 heavy (non-hydrogen) atoms. The Labute approximate surface area is 198 Å². The lowest BCUT2D eigenvalue weighted by Crippen LogP contribution is -2.50. The van der Waals surface area contributed by atoms with Gasteiger partial charge in [-0.15, -0.1) is 0 Å². The molecule has 4 atom stereocenters. The maximum absolute atomic E-state index is 13.4. The molecule has 0 bridgehead atoms. The van der Waals surface area contributed by atoms with Crippen LogP contribution in [0.4, 0.5) is 0 Å². The van der Waals surface area contributed by atoms with Crippen molar-refractivity contribution in [2.75, 3.05) is 33.3 Å². The quantitative estimate of drug-likeness (QED) is 0.639. The lowest BCUT2D eigenvalue weighted by Gasteiger charge is -2.38. The van der Waals surface area contributed by atoms with E-state index in [1.54, 1.807) is 24.1 Å². The summed E-state index contributed by atoms with van der Waals surface area (Å²) in [5, 5.41) is 19.3. The Bertz CT molecular complexity index is 857. The summed E-state index contributed by atoms with van der Waals surface area (Å²) in [6, 6.07) is 1.36. The van der Waals surface area contributed by atoms with Crippen LogP contribution in [0.1, 0.15) is 68.8 Å². The molecular weight excluding hydrogens is 418 g/mol. The molecule has 1 aromatic heterocycles. The first-order chi connectivity index (χ1) is 15.8. The molecule has 1 aliphatic carbocycles. The normalized spacial score (nSPS) is 23.6. The van der Waals surface area contributed by atoms with Crippen LogP contribution in [0.25, 0.3) is 0 Å². The maximum atomic E-state index is 13.4. The first kappa shape index (κ1) is 25.5. The zero-order valence-electron chi connectivity index (χ0n) is 20.5. The van der Waals surface area contributed by atoms with Gasteiger partial charge in [0.15, 0.2) is 0 Å². The van der Waals surface area contributed by atoms with Crippen molar-refractivity contribution in [1.29, 1.82) is 0 Å². The minimum Gasteiger partial charge on any atom is -0.472 e. The molecule has 2 aliphatic rings. The van der Waals surface area contributed by atoms with Gasteiger partial charge in [-0.1, -0.05) is 38.0 Å². The minimum atomic E-state index is -0.769. The van der Waals surface area contributed by atoms with E-state index >= 15 is 0 Å². The number of ether oxygens (including phenoxy) is 1. The van der Waals surface area contributed by atoms with Crippen molar-refractivity contribution in [2.45, 2.75) is 71.1 Å². The number of hydrogen-bond donors (Lipinski definition) is 2. The number of carbonyl (C=O) groups excluding carboxylic acids is 1. The van der Waals surface area contributed by atoms with E-state index in [-0.39, 0.29) is 30.6 Å². The lowest BCUT2D eigenvalue weighted by molar-refractivity contribution is 0.0314. The molecular formula is C26H39N3O4. The van der Waals surface area contributed by atoms with Gasteiger partial charge in [-0.25, -0.2) is 4.98 Å². The summed E-state index contributed by atoms with van der Waals surface area (Å²) in [6.45, 7) is 7.71. The predicted molar refractivity (Wildman–Crippen MR) is 128 cm³/mol. The van der Waals surface area contributed by atoms with Crippen LogP contribution in [0.2, 0.25) is 0 Å². The van der Waals surface area contributed by atoms with Gasteiger partial charge in [0, 0.05) is 37.3 Å². The highest BCUT2D eigenvalue weighted by Gasteiger charge is 2.34. The summed E-state index contributed by atoms with van der Waals surface area (Å²) >= 11 is 0. The van der Waals surface area contributed by atoms with Crippen LogP contribution >= 0.6 is 0 Å². The van der Waals surface area contributed by atoms with Crippen LogP contribution in [0.15, 0.2) is 12.3 Å². The Morgan fingerprint density at radius 1 is 1.27 bits per heavy atom. The molecule has 7 heteroatoms. The van der Waals surface area contributed by atoms with Crippen molar-refractivity contribution < 1.29 is 19.7 Å². The monoisotopic (exact) mass is 457 g/mol. The van der Waals surface area contributed by atoms with Gasteiger partial charge in [0.05, 0.1) is 12.6 Å². The fraction of sp³-hybridized carbons (Fsp3) is 0.692. The molecule has 0 spiro atoms. The van der Waals surface area contributed by atoms with Crippen molar-refractivity contribution in [3.8, 4) is 17.7 Å². The van der Waals surface area contributed by atoms with E-state index in [4.69, 9.17) is 4.74 Å². The summed E-state index contributed by atoms with van der Waals surface area (Å²) in [7, 11) is 2.14. The van der Waals surface area contributed by atoms with Crippen molar-refractivity contribution in [2.24, 2.45) is 11.8 Å². The first-order valence-electron chi connectivity index (χ1n) is 12.2. The molecule has 0 radical (unpaired) electrons. The van der Waals surface area contributed by atoms with Gasteiger partial charge in [0.1, 0.15) is 17.8 Å². The van der Waals surface area contributed by atoms with E-state index in [9.17, 15) is 15.0 Å². The Balaban J connectivity index is 1.86. The highest BCUT2D eigenvalue weighted by molar-refractivity contribution is 5.97. The number of aliphatic hydroxyl groups is 2. The highest BCUT2D eigenvalue weighted by Crippen LogP contribution is 2.28. The fourth-order valence-corrected chi connectivity index (χ4v) is 4.77. The van der Waals surface area contributed by atoms with Crippen molar-refractivity contribution in [3.05, 3.63) is 23.4 Å². The average molecular weight is 458 g/mol. The number of pyridine rings is 1. The standard InChI is InChI=1S/C26H39N3O4/c1-18-14-29(19(2)17-30)26(32)23-12-22(11-10-20(3)31)13-27-25(23)33-24(18)16-28(4)15-21-8-6-5-7-9-21/h12-13,18-21,24,30-31H,5-9,14-17H2,1-4H3/t18-,19-,20-,24-/m0/s1. The molecule has 2 N–H and O–H groups in total. The lowest BCUT2D eigenvalue weighted by atomic mass is 9.89. The topological polar surface area (TPSA) is 86.1 Å². The third-order valence-corrected chi connectivity index (χ3v) is 6.73. The predicted octanol–water partition coefficient (Wildman–Crippen LogP) is 2.55. The number of hydrogen-bond acceptors (Lipinski definition) is 6. The van der Waals surface area contributed by atoms with Gasteiger partial charge in [-0.2, -0.15) is 0 Å². The van der Waals surface area contributed by atoms with Crippen LogP contribution in [-0.4, -0.2) is 82.4 Å². The van der Waals surface area contributed by atoms with Crippen LogP contribution in [0.3, 0.4) is 0 Å². The Morgan fingerprint density at radius 3 is 2.67 bits per heavy atom. The first-order valence-corrected chi connectivity index (χ1v) is 12.2. The van der Waals surface area contributed by atoms with Crippen LogP contribution in [-0.2, 0) is 0 Å². The molecule has 1 saturated carbocycles. The SMILES string of the molecule is C[C@H](O)C#Cc1cnc2c(c1)C(=O)N([C@@H](C)CO)C[C@H](C)[C@H](CN(C)CC1CCCCC1)O2. The summed E-state index contributed by atoms with van der Waals surface area (Å²) < 4.78 is 6.36. The van der Waals surface area contributed by atoms with Crippen molar-refractivity contribution in [3.63, 3.8) is 0 Å². The molecule has 0 saturated heterocycles. The largest absolute Gasteiger partial charge is 0.472 e. The van der Waals surface area contributed by atoms with Gasteiger partial charge in [-0.3, -0.25) is 4.79 Å². The van der Waals surface area contributed by atoms with Crippen LogP contribution < -0.4 is 4.74 Å². The zero-order chi connectivity index (χ0) is 24.0. The number of aliphatic hydroxyl groups excluding tert-OH is 2. The smallest absolute Gasteiger partial charge is 0.259 e. The summed E-state index contributed by atoms with van der Waals surface area (Å²) in [4.78, 5) is 21.9. The molecule has 0 unspecified atom stereocenters. The summed E-state index contributed by atoms with van der Waals surface area (Å²) in [5.74, 6) is 6.44. The minimum absolute atomic E-state index is 0.0708. The number of carbonyl (C=O) groups is 1. The summed E-state index contributed by atoms with van der Waals surface area (Å²) in [5.41, 5.74) is 0.891. The molecule has 1 fully saturated rings. The summed E-state index contributed by atoms with van der Waals surface area (Å²) in [6.07, 6.45) is 7.25. The molecule has 182 valence electrons. The van der Waals surface area contributed by atoms with Gasteiger partial charge in [0.2, 0.25) is 5.88 Å². The molecule has 1 aliphatic heterocycles. The second kappa shape index (κ2) is 11.8. The molecule has 1 aromatic rings. The number of amides is 1. The average Bonchev–Trinajstić information content (AvgIpc) is 2.80.